The fraction of sp³-hybridized carbons (Fsp3) is 0.364. The first kappa shape index (κ1) is 18.7. The normalized spacial score (nSPS) is 23.3. The topological polar surface area (TPSA) is 86.0 Å². The van der Waals surface area contributed by atoms with Crippen molar-refractivity contribution >= 4 is 17.5 Å². The third-order valence-corrected chi connectivity index (χ3v) is 5.88. The summed E-state index contributed by atoms with van der Waals surface area (Å²) in [6, 6.07) is 12.9. The first-order valence-electron chi connectivity index (χ1n) is 10.1. The molecule has 0 N–H and O–H groups in total. The Morgan fingerprint density at radius 3 is 2.60 bits per heavy atom. The van der Waals surface area contributed by atoms with E-state index in [1.807, 2.05) is 30.3 Å². The fourth-order valence-corrected chi connectivity index (χ4v) is 4.43. The van der Waals surface area contributed by atoms with Crippen LogP contribution in [0.25, 0.3) is 5.65 Å². The van der Waals surface area contributed by atoms with Crippen LogP contribution in [0.15, 0.2) is 55.0 Å². The molecule has 2 aromatic heterocycles. The zero-order valence-corrected chi connectivity index (χ0v) is 16.4. The molecule has 2 unspecified atom stereocenters. The molecule has 1 aromatic carbocycles. The van der Waals surface area contributed by atoms with Crippen LogP contribution in [0.3, 0.4) is 0 Å². The molecule has 8 nitrogen and oxygen atoms in total. The molecule has 0 aliphatic carbocycles. The van der Waals surface area contributed by atoms with Gasteiger partial charge in [-0.15, -0.1) is 10.2 Å². The Kier molecular flexibility index (Phi) is 4.92. The van der Waals surface area contributed by atoms with Crippen LogP contribution in [0.5, 0.6) is 0 Å². The van der Waals surface area contributed by atoms with E-state index in [2.05, 4.69) is 10.2 Å². The Labute approximate surface area is 173 Å². The van der Waals surface area contributed by atoms with Gasteiger partial charge < -0.3 is 9.47 Å². The van der Waals surface area contributed by atoms with E-state index in [1.165, 1.54) is 0 Å². The second-order valence-electron chi connectivity index (χ2n) is 7.84. The van der Waals surface area contributed by atoms with Gasteiger partial charge in [0.2, 0.25) is 0 Å². The summed E-state index contributed by atoms with van der Waals surface area (Å²) in [6.45, 7) is 1.08. The van der Waals surface area contributed by atoms with E-state index in [0.717, 1.165) is 5.56 Å². The maximum atomic E-state index is 13.2. The van der Waals surface area contributed by atoms with Gasteiger partial charge >= 0.3 is 6.09 Å². The molecule has 2 atom stereocenters. The summed E-state index contributed by atoms with van der Waals surface area (Å²) in [5.74, 6) is -0.0733. The van der Waals surface area contributed by atoms with Crippen LogP contribution in [-0.2, 0) is 16.1 Å². The van der Waals surface area contributed by atoms with Crippen molar-refractivity contribution in [2.75, 3.05) is 13.2 Å². The van der Waals surface area contributed by atoms with Gasteiger partial charge in [0.25, 0.3) is 0 Å². The van der Waals surface area contributed by atoms with Crippen molar-refractivity contribution in [2.24, 2.45) is 5.92 Å². The monoisotopic (exact) mass is 406 g/mol. The number of pyridine rings is 1. The summed E-state index contributed by atoms with van der Waals surface area (Å²) < 4.78 is 13.0. The molecule has 1 amide bonds. The third-order valence-electron chi connectivity index (χ3n) is 5.88. The summed E-state index contributed by atoms with van der Waals surface area (Å²) in [5.41, 5.74) is 2.28. The molecular weight excluding hydrogens is 384 g/mol. The number of hydrogen-bond acceptors (Lipinski definition) is 6. The van der Waals surface area contributed by atoms with Crippen molar-refractivity contribution in [3.63, 3.8) is 0 Å². The number of amides is 1. The van der Waals surface area contributed by atoms with Crippen LogP contribution in [-0.4, -0.2) is 56.7 Å². The molecule has 4 heterocycles. The van der Waals surface area contributed by atoms with Gasteiger partial charge in [-0.2, -0.15) is 0 Å². The lowest BCUT2D eigenvalue weighted by molar-refractivity contribution is -0.0755. The average molecular weight is 406 g/mol. The molecular formula is C22H22N4O4. The second-order valence-corrected chi connectivity index (χ2v) is 7.84. The van der Waals surface area contributed by atoms with E-state index >= 15 is 0 Å². The Morgan fingerprint density at radius 1 is 1.07 bits per heavy atom. The number of carbonyl (C=O) groups excluding carboxylic acids is 2. The molecule has 5 rings (SSSR count). The lowest BCUT2D eigenvalue weighted by atomic mass is 9.81. The minimum Gasteiger partial charge on any atom is -0.445 e. The minimum absolute atomic E-state index is 0.0832. The molecule has 0 spiro atoms. The first-order valence-corrected chi connectivity index (χ1v) is 10.1. The number of rotatable bonds is 4. The maximum Gasteiger partial charge on any atom is 0.410 e. The maximum absolute atomic E-state index is 13.2. The number of aromatic nitrogens is 3. The number of benzene rings is 1. The van der Waals surface area contributed by atoms with Gasteiger partial charge in [-0.05, 0) is 30.5 Å². The molecule has 2 saturated heterocycles. The smallest absolute Gasteiger partial charge is 0.410 e. The molecule has 2 fully saturated rings. The second kappa shape index (κ2) is 7.87. The van der Waals surface area contributed by atoms with Crippen molar-refractivity contribution in [2.45, 2.75) is 31.5 Å². The molecule has 3 aromatic rings. The van der Waals surface area contributed by atoms with Gasteiger partial charge in [-0.25, -0.2) is 4.79 Å². The number of hydrogen-bond donors (Lipinski definition) is 0. The molecule has 0 radical (unpaired) electrons. The molecule has 8 heteroatoms. The van der Waals surface area contributed by atoms with E-state index in [9.17, 15) is 9.59 Å². The Balaban J connectivity index is 1.28. The van der Waals surface area contributed by atoms with Gasteiger partial charge in [-0.1, -0.05) is 30.3 Å². The summed E-state index contributed by atoms with van der Waals surface area (Å²) in [5, 5.41) is 7.83. The van der Waals surface area contributed by atoms with Crippen LogP contribution >= 0.6 is 0 Å². The average Bonchev–Trinajstić information content (AvgIpc) is 3.24. The van der Waals surface area contributed by atoms with Crippen LogP contribution in [0.2, 0.25) is 0 Å². The van der Waals surface area contributed by atoms with Gasteiger partial charge in [0.15, 0.2) is 11.4 Å². The van der Waals surface area contributed by atoms with E-state index in [-0.39, 0.29) is 36.5 Å². The predicted molar refractivity (Wildman–Crippen MR) is 107 cm³/mol. The Hall–Kier alpha value is -3.26. The van der Waals surface area contributed by atoms with Crippen molar-refractivity contribution in [3.05, 3.63) is 66.1 Å². The Bertz CT molecular complexity index is 1050. The molecule has 30 heavy (non-hydrogen) atoms. The highest BCUT2D eigenvalue weighted by molar-refractivity contribution is 5.98. The molecule has 2 aliphatic heterocycles. The van der Waals surface area contributed by atoms with Gasteiger partial charge in [0.05, 0.1) is 25.3 Å². The number of Topliss-reactive ketones (excluding diaryl/α,β-unsaturated/α-hetero) is 1. The molecule has 2 bridgehead atoms. The van der Waals surface area contributed by atoms with E-state index in [1.54, 1.807) is 34.0 Å². The van der Waals surface area contributed by atoms with E-state index in [4.69, 9.17) is 9.47 Å². The number of piperidine rings is 1. The zero-order chi connectivity index (χ0) is 20.5. The van der Waals surface area contributed by atoms with Crippen molar-refractivity contribution in [1.29, 1.82) is 0 Å². The molecule has 154 valence electrons. The number of fused-ring (bicyclic) bond motifs is 3. The highest BCUT2D eigenvalue weighted by Gasteiger charge is 2.44. The standard InChI is InChI=1S/C22H22N4O4/c27-21(16-6-7-20-24-23-14-25(20)10-16)17-8-18-12-29-13-19(9-17)26(18)22(28)30-11-15-4-2-1-3-5-15/h1-7,10,14,17-19H,8-9,11-13H2. The van der Waals surface area contributed by atoms with Crippen molar-refractivity contribution < 1.29 is 19.1 Å². The van der Waals surface area contributed by atoms with Crippen LogP contribution in [0, 0.1) is 5.92 Å². The largest absolute Gasteiger partial charge is 0.445 e. The summed E-state index contributed by atoms with van der Waals surface area (Å²) in [7, 11) is 0. The van der Waals surface area contributed by atoms with Crippen LogP contribution in [0.1, 0.15) is 28.8 Å². The van der Waals surface area contributed by atoms with E-state index in [0.29, 0.717) is 37.3 Å². The highest BCUT2D eigenvalue weighted by Crippen LogP contribution is 2.34. The summed E-state index contributed by atoms with van der Waals surface area (Å²) >= 11 is 0. The van der Waals surface area contributed by atoms with Gasteiger partial charge in [0, 0.05) is 17.7 Å². The highest BCUT2D eigenvalue weighted by atomic mass is 16.6. The summed E-state index contributed by atoms with van der Waals surface area (Å²) in [6.07, 6.45) is 4.14. The van der Waals surface area contributed by atoms with Gasteiger partial charge in [-0.3, -0.25) is 14.1 Å². The lowest BCUT2D eigenvalue weighted by Crippen LogP contribution is -2.59. The lowest BCUT2D eigenvalue weighted by Gasteiger charge is -2.47. The quantitative estimate of drug-likeness (QED) is 0.620. The van der Waals surface area contributed by atoms with Crippen molar-refractivity contribution in [3.8, 4) is 0 Å². The SMILES string of the molecule is O=C(c1ccc2nncn2c1)C1CC2COCC(C1)N2C(=O)OCc1ccccc1. The Morgan fingerprint density at radius 2 is 1.83 bits per heavy atom. The minimum atomic E-state index is -0.339. The van der Waals surface area contributed by atoms with Crippen molar-refractivity contribution in [1.82, 2.24) is 19.5 Å². The number of morpholine rings is 1. The third kappa shape index (κ3) is 3.54. The van der Waals surface area contributed by atoms with E-state index < -0.39 is 0 Å². The number of carbonyl (C=O) groups is 2. The number of nitrogens with zero attached hydrogens (tertiary/aromatic N) is 4. The molecule has 2 aliphatic rings. The molecule has 0 saturated carbocycles. The van der Waals surface area contributed by atoms with Crippen LogP contribution in [0.4, 0.5) is 4.79 Å². The zero-order valence-electron chi connectivity index (χ0n) is 16.4. The summed E-state index contributed by atoms with van der Waals surface area (Å²) in [4.78, 5) is 27.7. The fourth-order valence-electron chi connectivity index (χ4n) is 4.43. The predicted octanol–water partition coefficient (Wildman–Crippen LogP) is 2.73. The first-order chi connectivity index (χ1) is 14.7. The number of ketones is 1. The number of ether oxygens (including phenoxy) is 2. The van der Waals surface area contributed by atoms with Crippen LogP contribution < -0.4 is 0 Å². The van der Waals surface area contributed by atoms with Gasteiger partial charge in [0.1, 0.15) is 12.9 Å².